The minimum absolute atomic E-state index is 0.350. The fourth-order valence-corrected chi connectivity index (χ4v) is 3.29. The number of nitrogens with zero attached hydrogens (tertiary/aromatic N) is 4. The van der Waals surface area contributed by atoms with Crippen LogP contribution in [0.5, 0.6) is 0 Å². The van der Waals surface area contributed by atoms with Crippen molar-refractivity contribution in [3.63, 3.8) is 0 Å². The summed E-state index contributed by atoms with van der Waals surface area (Å²) in [6.07, 6.45) is 5.00. The molecule has 1 aliphatic heterocycles. The lowest BCUT2D eigenvalue weighted by molar-refractivity contribution is 0.271. The van der Waals surface area contributed by atoms with Crippen molar-refractivity contribution >= 4 is 5.82 Å². The summed E-state index contributed by atoms with van der Waals surface area (Å²) < 4.78 is 0. The van der Waals surface area contributed by atoms with Gasteiger partial charge in [0.25, 0.3) is 0 Å². The molecule has 0 spiro atoms. The number of rotatable bonds is 1. The van der Waals surface area contributed by atoms with Crippen molar-refractivity contribution in [2.45, 2.75) is 25.3 Å². The van der Waals surface area contributed by atoms with E-state index < -0.39 is 0 Å². The van der Waals surface area contributed by atoms with Crippen molar-refractivity contribution in [2.24, 2.45) is 17.6 Å². The number of hydrogen-bond acceptors (Lipinski definition) is 5. The molecular formula is C13H17N5. The highest BCUT2D eigenvalue weighted by atomic mass is 15.3. The highest BCUT2D eigenvalue weighted by Crippen LogP contribution is 2.37. The second kappa shape index (κ2) is 4.54. The molecule has 3 atom stereocenters. The molecule has 1 aromatic rings. The SMILES string of the molecule is N#Cc1ccnnc1N1C[C@H]2CCC(N)C[C@H]2C1. The first-order chi connectivity index (χ1) is 8.78. The van der Waals surface area contributed by atoms with E-state index in [-0.39, 0.29) is 0 Å². The van der Waals surface area contributed by atoms with Gasteiger partial charge in [-0.1, -0.05) is 0 Å². The van der Waals surface area contributed by atoms with Gasteiger partial charge >= 0.3 is 0 Å². The lowest BCUT2D eigenvalue weighted by Gasteiger charge is -2.27. The summed E-state index contributed by atoms with van der Waals surface area (Å²) in [4.78, 5) is 2.21. The monoisotopic (exact) mass is 243 g/mol. The third kappa shape index (κ3) is 1.93. The average Bonchev–Trinajstić information content (AvgIpc) is 2.81. The largest absolute Gasteiger partial charge is 0.353 e. The van der Waals surface area contributed by atoms with Crippen LogP contribution in [-0.4, -0.2) is 29.3 Å². The molecule has 2 heterocycles. The standard InChI is InChI=1S/C13H17N5/c14-6-9-3-4-16-17-13(9)18-7-10-1-2-12(15)5-11(10)8-18/h3-4,10-12H,1-2,5,7-8,15H2/t10-,11+,12?/m1/s1. The number of anilines is 1. The quantitative estimate of drug-likeness (QED) is 0.793. The maximum absolute atomic E-state index is 9.11. The topological polar surface area (TPSA) is 78.8 Å². The van der Waals surface area contributed by atoms with Crippen molar-refractivity contribution in [2.75, 3.05) is 18.0 Å². The maximum atomic E-state index is 9.11. The van der Waals surface area contributed by atoms with Gasteiger partial charge in [-0.25, -0.2) is 0 Å². The molecule has 2 fully saturated rings. The second-order valence-electron chi connectivity index (χ2n) is 5.38. The van der Waals surface area contributed by atoms with Crippen molar-refractivity contribution in [3.05, 3.63) is 17.8 Å². The van der Waals surface area contributed by atoms with Gasteiger partial charge < -0.3 is 10.6 Å². The highest BCUT2D eigenvalue weighted by Gasteiger charge is 2.37. The van der Waals surface area contributed by atoms with Crippen molar-refractivity contribution in [1.82, 2.24) is 10.2 Å². The Bertz CT molecular complexity index is 481. The summed E-state index contributed by atoms with van der Waals surface area (Å²) >= 11 is 0. The lowest BCUT2D eigenvalue weighted by atomic mass is 9.79. The van der Waals surface area contributed by atoms with Crippen molar-refractivity contribution in [1.29, 1.82) is 5.26 Å². The molecule has 5 nitrogen and oxygen atoms in total. The van der Waals surface area contributed by atoms with Gasteiger partial charge in [0.05, 0.1) is 11.8 Å². The molecule has 2 N–H and O–H groups in total. The van der Waals surface area contributed by atoms with Gasteiger partial charge in [0, 0.05) is 19.1 Å². The van der Waals surface area contributed by atoms with Crippen LogP contribution in [-0.2, 0) is 0 Å². The van der Waals surface area contributed by atoms with Crippen LogP contribution in [0.3, 0.4) is 0 Å². The molecule has 94 valence electrons. The number of fused-ring (bicyclic) bond motifs is 1. The van der Waals surface area contributed by atoms with E-state index in [2.05, 4.69) is 21.2 Å². The summed E-state index contributed by atoms with van der Waals surface area (Å²) in [5.74, 6) is 2.10. The van der Waals surface area contributed by atoms with Gasteiger partial charge in [-0.15, -0.1) is 5.10 Å². The summed E-state index contributed by atoms with van der Waals surface area (Å²) in [5.41, 5.74) is 6.65. The minimum atomic E-state index is 0.350. The van der Waals surface area contributed by atoms with Crippen LogP contribution in [0.2, 0.25) is 0 Å². The molecule has 1 aromatic heterocycles. The number of nitrogens with two attached hydrogens (primary N) is 1. The molecule has 5 heteroatoms. The molecule has 1 saturated carbocycles. The van der Waals surface area contributed by atoms with E-state index in [1.54, 1.807) is 12.3 Å². The summed E-state index contributed by atoms with van der Waals surface area (Å²) in [6.45, 7) is 1.95. The molecular weight excluding hydrogens is 226 g/mol. The summed E-state index contributed by atoms with van der Waals surface area (Å²) in [7, 11) is 0. The molecule has 2 aliphatic rings. The van der Waals surface area contributed by atoms with Gasteiger partial charge in [-0.2, -0.15) is 10.4 Å². The first-order valence-corrected chi connectivity index (χ1v) is 6.50. The van der Waals surface area contributed by atoms with Gasteiger partial charge in [0.1, 0.15) is 6.07 Å². The number of nitriles is 1. The van der Waals surface area contributed by atoms with Crippen LogP contribution in [0.4, 0.5) is 5.82 Å². The van der Waals surface area contributed by atoms with E-state index in [0.717, 1.165) is 31.7 Å². The Morgan fingerprint density at radius 3 is 3.00 bits per heavy atom. The van der Waals surface area contributed by atoms with Crippen LogP contribution in [0.15, 0.2) is 12.3 Å². The Morgan fingerprint density at radius 2 is 2.17 bits per heavy atom. The van der Waals surface area contributed by atoms with Crippen LogP contribution in [0.1, 0.15) is 24.8 Å². The normalized spacial score (nSPS) is 30.9. The van der Waals surface area contributed by atoms with Gasteiger partial charge in [-0.3, -0.25) is 0 Å². The van der Waals surface area contributed by atoms with Gasteiger partial charge in [-0.05, 0) is 37.2 Å². The molecule has 3 rings (SSSR count). The van der Waals surface area contributed by atoms with Crippen molar-refractivity contribution < 1.29 is 0 Å². The minimum Gasteiger partial charge on any atom is -0.353 e. The van der Waals surface area contributed by atoms with E-state index in [9.17, 15) is 0 Å². The zero-order valence-electron chi connectivity index (χ0n) is 10.3. The molecule has 0 amide bonds. The molecule has 18 heavy (non-hydrogen) atoms. The van der Waals surface area contributed by atoms with E-state index in [1.807, 2.05) is 0 Å². The smallest absolute Gasteiger partial charge is 0.169 e. The van der Waals surface area contributed by atoms with Gasteiger partial charge in [0.15, 0.2) is 5.82 Å². The van der Waals surface area contributed by atoms with Crippen molar-refractivity contribution in [3.8, 4) is 6.07 Å². The Balaban J connectivity index is 1.81. The van der Waals surface area contributed by atoms with Crippen LogP contribution < -0.4 is 10.6 Å². The Hall–Kier alpha value is -1.67. The predicted octanol–water partition coefficient (Wildman–Crippen LogP) is 0.912. The Morgan fingerprint density at radius 1 is 1.33 bits per heavy atom. The van der Waals surface area contributed by atoms with E-state index in [0.29, 0.717) is 23.4 Å². The maximum Gasteiger partial charge on any atom is 0.169 e. The zero-order chi connectivity index (χ0) is 12.5. The van der Waals surface area contributed by atoms with Gasteiger partial charge in [0.2, 0.25) is 0 Å². The van der Waals surface area contributed by atoms with E-state index in [4.69, 9.17) is 11.0 Å². The Kier molecular flexibility index (Phi) is 2.88. The summed E-state index contributed by atoms with van der Waals surface area (Å²) in [6, 6.07) is 4.28. The second-order valence-corrected chi connectivity index (χ2v) is 5.38. The highest BCUT2D eigenvalue weighted by molar-refractivity contribution is 5.53. The van der Waals surface area contributed by atoms with Crippen LogP contribution >= 0.6 is 0 Å². The van der Waals surface area contributed by atoms with Crippen LogP contribution in [0.25, 0.3) is 0 Å². The number of aromatic nitrogens is 2. The molecule has 1 saturated heterocycles. The zero-order valence-corrected chi connectivity index (χ0v) is 10.3. The van der Waals surface area contributed by atoms with E-state index >= 15 is 0 Å². The predicted molar refractivity (Wildman–Crippen MR) is 67.8 cm³/mol. The summed E-state index contributed by atoms with van der Waals surface area (Å²) in [5, 5.41) is 17.1. The van der Waals surface area contributed by atoms with Crippen LogP contribution in [0, 0.1) is 23.2 Å². The molecule has 1 aliphatic carbocycles. The fourth-order valence-electron chi connectivity index (χ4n) is 3.29. The lowest BCUT2D eigenvalue weighted by Crippen LogP contribution is -2.32. The third-order valence-corrected chi connectivity index (χ3v) is 4.21. The molecule has 0 radical (unpaired) electrons. The first kappa shape index (κ1) is 11.4. The first-order valence-electron chi connectivity index (χ1n) is 6.50. The fraction of sp³-hybridized carbons (Fsp3) is 0.615. The molecule has 1 unspecified atom stereocenters. The van der Waals surface area contributed by atoms with E-state index in [1.165, 1.54) is 6.42 Å². The molecule has 0 aromatic carbocycles. The average molecular weight is 243 g/mol. The Labute approximate surface area is 107 Å². The third-order valence-electron chi connectivity index (χ3n) is 4.21. The molecule has 0 bridgehead atoms. The number of hydrogen-bond donors (Lipinski definition) is 1.